The third-order valence-electron chi connectivity index (χ3n) is 4.86. The second kappa shape index (κ2) is 7.23. The predicted octanol–water partition coefficient (Wildman–Crippen LogP) is 3.56. The van der Waals surface area contributed by atoms with Gasteiger partial charge in [0.15, 0.2) is 0 Å². The molecule has 3 rings (SSSR count). The third-order valence-corrected chi connectivity index (χ3v) is 4.86. The molecule has 0 saturated carbocycles. The third kappa shape index (κ3) is 3.12. The van der Waals surface area contributed by atoms with Gasteiger partial charge in [0.1, 0.15) is 5.52 Å². The minimum Gasteiger partial charge on any atom is -0.308 e. The Balaban J connectivity index is 2.11. The first-order chi connectivity index (χ1) is 12.1. The van der Waals surface area contributed by atoms with Gasteiger partial charge in [-0.05, 0) is 44.6 Å². The van der Waals surface area contributed by atoms with E-state index in [9.17, 15) is 4.79 Å². The molecule has 0 fully saturated rings. The number of nitrogens with one attached hydrogen (secondary N) is 1. The minimum absolute atomic E-state index is 0.0288. The largest absolute Gasteiger partial charge is 0.308 e. The molecule has 0 unspecified atom stereocenters. The summed E-state index contributed by atoms with van der Waals surface area (Å²) in [5.41, 5.74) is 3.68. The van der Waals surface area contributed by atoms with Gasteiger partial charge in [-0.2, -0.15) is 5.10 Å². The lowest BCUT2D eigenvalue weighted by Crippen LogP contribution is -2.22. The van der Waals surface area contributed by atoms with E-state index in [1.165, 1.54) is 0 Å². The Labute approximate surface area is 148 Å². The summed E-state index contributed by atoms with van der Waals surface area (Å²) in [6, 6.07) is 6.22. The maximum atomic E-state index is 12.7. The number of pyridine rings is 1. The highest BCUT2D eigenvalue weighted by atomic mass is 16.1. The van der Waals surface area contributed by atoms with E-state index in [1.54, 1.807) is 0 Å². The lowest BCUT2D eigenvalue weighted by atomic mass is 10.1. The molecule has 0 spiro atoms. The van der Waals surface area contributed by atoms with Crippen LogP contribution < -0.4 is 5.56 Å². The van der Waals surface area contributed by atoms with Gasteiger partial charge >= 0.3 is 0 Å². The number of aromatic amines is 1. The van der Waals surface area contributed by atoms with Gasteiger partial charge in [0.05, 0.1) is 10.9 Å². The van der Waals surface area contributed by atoms with E-state index in [0.717, 1.165) is 47.3 Å². The molecule has 5 heteroatoms. The van der Waals surface area contributed by atoms with E-state index >= 15 is 0 Å². The van der Waals surface area contributed by atoms with Crippen molar-refractivity contribution in [2.75, 3.05) is 19.6 Å². The number of benzene rings is 1. The highest BCUT2D eigenvalue weighted by Crippen LogP contribution is 2.24. The highest BCUT2D eigenvalue weighted by molar-refractivity contribution is 6.04. The predicted molar refractivity (Wildman–Crippen MR) is 105 cm³/mol. The first-order valence-corrected chi connectivity index (χ1v) is 9.00. The number of H-pyrrole nitrogens is 1. The average molecular weight is 338 g/mol. The second-order valence-corrected chi connectivity index (χ2v) is 6.29. The van der Waals surface area contributed by atoms with Crippen molar-refractivity contribution in [2.45, 2.75) is 34.2 Å². The molecule has 0 atom stereocenters. The minimum atomic E-state index is 0.0288. The molecule has 1 N–H and O–H groups in total. The van der Waals surface area contributed by atoms with Crippen molar-refractivity contribution in [3.05, 3.63) is 45.9 Å². The molecule has 132 valence electrons. The number of hydrogen-bond acceptors (Lipinski definition) is 3. The number of likely N-dealkylation sites (N-methyl/N-ethyl adjacent to an activating group) is 1. The fourth-order valence-corrected chi connectivity index (χ4v) is 3.35. The maximum Gasteiger partial charge on any atom is 0.262 e. The summed E-state index contributed by atoms with van der Waals surface area (Å²) in [4.78, 5) is 15.1. The molecule has 0 radical (unpaired) electrons. The Morgan fingerprint density at radius 1 is 1.24 bits per heavy atom. The summed E-state index contributed by atoms with van der Waals surface area (Å²) in [5, 5.41) is 9.07. The molecule has 2 heterocycles. The van der Waals surface area contributed by atoms with Gasteiger partial charge in [-0.25, -0.2) is 0 Å². The van der Waals surface area contributed by atoms with Crippen LogP contribution in [-0.2, 0) is 6.54 Å². The van der Waals surface area contributed by atoms with Crippen LogP contribution in [0.25, 0.3) is 27.9 Å². The average Bonchev–Trinajstić information content (AvgIpc) is 3.02. The summed E-state index contributed by atoms with van der Waals surface area (Å²) >= 11 is 0. The summed E-state index contributed by atoms with van der Waals surface area (Å²) in [5.74, 6) is 0. The summed E-state index contributed by atoms with van der Waals surface area (Å²) in [7, 11) is 0. The molecule has 0 aliphatic heterocycles. The van der Waals surface area contributed by atoms with E-state index in [0.29, 0.717) is 11.9 Å². The number of nitrogens with zero attached hydrogens (tertiary/aromatic N) is 3. The molecule has 3 aromatic rings. The molecule has 0 aliphatic rings. The van der Waals surface area contributed by atoms with Crippen LogP contribution in [0.15, 0.2) is 29.1 Å². The smallest absolute Gasteiger partial charge is 0.262 e. The lowest BCUT2D eigenvalue weighted by molar-refractivity contribution is 0.338. The molecule has 1 aromatic carbocycles. The van der Waals surface area contributed by atoms with Crippen LogP contribution in [0.2, 0.25) is 0 Å². The van der Waals surface area contributed by atoms with Crippen molar-refractivity contribution >= 4 is 27.9 Å². The number of fused-ring (bicyclic) bond motifs is 3. The molecule has 2 aromatic heterocycles. The molecule has 5 nitrogen and oxygen atoms in total. The zero-order chi connectivity index (χ0) is 18.0. The number of aryl methyl sites for hydroxylation is 2. The van der Waals surface area contributed by atoms with E-state index in [2.05, 4.69) is 53.2 Å². The van der Waals surface area contributed by atoms with Crippen molar-refractivity contribution < 1.29 is 0 Å². The van der Waals surface area contributed by atoms with Crippen molar-refractivity contribution in [1.29, 1.82) is 0 Å². The zero-order valence-corrected chi connectivity index (χ0v) is 15.5. The Kier molecular flexibility index (Phi) is 5.04. The van der Waals surface area contributed by atoms with Gasteiger partial charge in [0, 0.05) is 24.2 Å². The van der Waals surface area contributed by atoms with Crippen LogP contribution in [0.4, 0.5) is 0 Å². The van der Waals surface area contributed by atoms with Crippen LogP contribution >= 0.6 is 0 Å². The number of hydrogen-bond donors (Lipinski definition) is 1. The van der Waals surface area contributed by atoms with Crippen molar-refractivity contribution in [1.82, 2.24) is 19.7 Å². The molecular formula is C20H26N4O. The molecule has 0 saturated heterocycles. The quantitative estimate of drug-likeness (QED) is 0.748. The van der Waals surface area contributed by atoms with E-state index in [1.807, 2.05) is 24.5 Å². The highest BCUT2D eigenvalue weighted by Gasteiger charge is 2.14. The summed E-state index contributed by atoms with van der Waals surface area (Å²) in [6.07, 6.45) is 4.33. The van der Waals surface area contributed by atoms with Gasteiger partial charge in [0.25, 0.3) is 5.56 Å². The number of aromatic nitrogens is 3. The van der Waals surface area contributed by atoms with Gasteiger partial charge in [-0.1, -0.05) is 32.1 Å². The SMILES string of the molecule is CCN(CC)CC=Cc1ccc2c(c1)c1n[nH]c(C)c1c(=O)n2CC. The lowest BCUT2D eigenvalue weighted by Gasteiger charge is -2.14. The normalized spacial score (nSPS) is 12.2. The Bertz CT molecular complexity index is 977. The van der Waals surface area contributed by atoms with E-state index < -0.39 is 0 Å². The molecule has 0 bridgehead atoms. The van der Waals surface area contributed by atoms with Crippen molar-refractivity contribution in [3.8, 4) is 0 Å². The zero-order valence-electron chi connectivity index (χ0n) is 15.5. The van der Waals surface area contributed by atoms with Gasteiger partial charge < -0.3 is 9.47 Å². The Morgan fingerprint density at radius 2 is 2.00 bits per heavy atom. The fraction of sp³-hybridized carbons (Fsp3) is 0.400. The van der Waals surface area contributed by atoms with Crippen LogP contribution in [0.3, 0.4) is 0 Å². The standard InChI is InChI=1S/C20H26N4O/c1-5-23(6-2)12-8-9-15-10-11-17-16(13-15)19-18(14(4)21-22-19)20(25)24(17)7-3/h8-11,13H,5-7,12H2,1-4H3,(H,21,22). The molecule has 25 heavy (non-hydrogen) atoms. The van der Waals surface area contributed by atoms with E-state index in [-0.39, 0.29) is 5.56 Å². The summed E-state index contributed by atoms with van der Waals surface area (Å²) in [6.45, 7) is 11.9. The number of rotatable bonds is 6. The Hall–Kier alpha value is -2.40. The van der Waals surface area contributed by atoms with Crippen molar-refractivity contribution in [2.24, 2.45) is 0 Å². The van der Waals surface area contributed by atoms with Gasteiger partial charge in [0.2, 0.25) is 0 Å². The monoisotopic (exact) mass is 338 g/mol. The first kappa shape index (κ1) is 17.4. The van der Waals surface area contributed by atoms with E-state index in [4.69, 9.17) is 0 Å². The van der Waals surface area contributed by atoms with Crippen LogP contribution in [0, 0.1) is 6.92 Å². The first-order valence-electron chi connectivity index (χ1n) is 9.00. The maximum absolute atomic E-state index is 12.7. The van der Waals surface area contributed by atoms with Crippen LogP contribution in [-0.4, -0.2) is 39.3 Å². The van der Waals surface area contributed by atoms with Gasteiger partial charge in [-0.3, -0.25) is 9.89 Å². The van der Waals surface area contributed by atoms with Crippen LogP contribution in [0.1, 0.15) is 32.0 Å². The second-order valence-electron chi connectivity index (χ2n) is 6.29. The van der Waals surface area contributed by atoms with Crippen LogP contribution in [0.5, 0.6) is 0 Å². The molecule has 0 aliphatic carbocycles. The Morgan fingerprint density at radius 3 is 2.68 bits per heavy atom. The molecule has 0 amide bonds. The molecular weight excluding hydrogens is 312 g/mol. The topological polar surface area (TPSA) is 53.9 Å². The van der Waals surface area contributed by atoms with Gasteiger partial charge in [-0.15, -0.1) is 0 Å². The fourth-order valence-electron chi connectivity index (χ4n) is 3.35. The summed E-state index contributed by atoms with van der Waals surface area (Å²) < 4.78 is 1.82. The van der Waals surface area contributed by atoms with Crippen molar-refractivity contribution in [3.63, 3.8) is 0 Å².